The fourth-order valence-electron chi connectivity index (χ4n) is 1.99. The van der Waals surface area contributed by atoms with Gasteiger partial charge in [0.15, 0.2) is 0 Å². The smallest absolute Gasteiger partial charge is 0.335 e. The van der Waals surface area contributed by atoms with E-state index in [-0.39, 0.29) is 16.8 Å². The van der Waals surface area contributed by atoms with E-state index in [0.29, 0.717) is 5.69 Å². The zero-order chi connectivity index (χ0) is 15.7. The first-order valence-corrected chi connectivity index (χ1v) is 6.26. The zero-order valence-electron chi connectivity index (χ0n) is 11.1. The van der Waals surface area contributed by atoms with Crippen molar-refractivity contribution in [2.75, 3.05) is 0 Å². The molecular formula is C15H9F2N3O2. The molecule has 2 aromatic carbocycles. The maximum absolute atomic E-state index is 13.7. The number of aromatic nitrogens is 3. The van der Waals surface area contributed by atoms with Gasteiger partial charge in [-0.05, 0) is 36.4 Å². The van der Waals surface area contributed by atoms with Gasteiger partial charge in [0.2, 0.25) is 0 Å². The highest BCUT2D eigenvalue weighted by atomic mass is 19.1. The van der Waals surface area contributed by atoms with Crippen LogP contribution >= 0.6 is 0 Å². The first kappa shape index (κ1) is 13.9. The molecule has 1 aromatic heterocycles. The van der Waals surface area contributed by atoms with Gasteiger partial charge in [0.25, 0.3) is 0 Å². The molecule has 5 nitrogen and oxygen atoms in total. The predicted octanol–water partition coefficient (Wildman–Crippen LogP) is 2.91. The summed E-state index contributed by atoms with van der Waals surface area (Å²) in [7, 11) is 0. The third-order valence-corrected chi connectivity index (χ3v) is 3.06. The van der Waals surface area contributed by atoms with E-state index in [0.717, 1.165) is 18.2 Å². The summed E-state index contributed by atoms with van der Waals surface area (Å²) in [5.41, 5.74) is 0.681. The van der Waals surface area contributed by atoms with Crippen molar-refractivity contribution >= 4 is 5.97 Å². The Hall–Kier alpha value is -3.09. The Labute approximate surface area is 123 Å². The van der Waals surface area contributed by atoms with Crippen LogP contribution in [0.2, 0.25) is 0 Å². The topological polar surface area (TPSA) is 68.0 Å². The Bertz CT molecular complexity index is 861. The molecule has 0 bridgehead atoms. The average molecular weight is 301 g/mol. The van der Waals surface area contributed by atoms with Crippen LogP contribution in [-0.4, -0.2) is 26.1 Å². The number of carboxylic acid groups (broad SMARTS) is 1. The number of rotatable bonds is 3. The minimum atomic E-state index is -1.07. The van der Waals surface area contributed by atoms with Gasteiger partial charge < -0.3 is 5.11 Å². The normalized spacial score (nSPS) is 10.6. The molecular weight excluding hydrogens is 292 g/mol. The summed E-state index contributed by atoms with van der Waals surface area (Å²) in [4.78, 5) is 11.0. The van der Waals surface area contributed by atoms with Gasteiger partial charge in [-0.25, -0.2) is 18.3 Å². The lowest BCUT2D eigenvalue weighted by molar-refractivity contribution is 0.0697. The van der Waals surface area contributed by atoms with Crippen LogP contribution in [0, 0.1) is 11.6 Å². The van der Waals surface area contributed by atoms with Crippen LogP contribution in [0.4, 0.5) is 8.78 Å². The molecule has 0 spiro atoms. The molecule has 0 amide bonds. The summed E-state index contributed by atoms with van der Waals surface area (Å²) >= 11 is 0. The van der Waals surface area contributed by atoms with Gasteiger partial charge in [-0.1, -0.05) is 11.3 Å². The Kier molecular flexibility index (Phi) is 3.38. The molecule has 0 fully saturated rings. The van der Waals surface area contributed by atoms with Gasteiger partial charge in [0.05, 0.1) is 17.4 Å². The largest absolute Gasteiger partial charge is 0.478 e. The molecule has 0 aliphatic rings. The molecule has 3 aromatic rings. The van der Waals surface area contributed by atoms with Crippen molar-refractivity contribution in [3.8, 4) is 16.9 Å². The molecule has 0 saturated carbocycles. The summed E-state index contributed by atoms with van der Waals surface area (Å²) in [6, 6.07) is 9.08. The lowest BCUT2D eigenvalue weighted by Crippen LogP contribution is -2.00. The standard InChI is InChI=1S/C15H9F2N3O2/c16-10-4-5-13(17)12(7-10)14-8-20(19-18-14)11-3-1-2-9(6-11)15(21)22/h1-8H,(H,21,22). The fraction of sp³-hybridized carbons (Fsp3) is 0. The first-order valence-electron chi connectivity index (χ1n) is 6.26. The maximum atomic E-state index is 13.7. The van der Waals surface area contributed by atoms with E-state index < -0.39 is 17.6 Å². The molecule has 1 N–H and O–H groups in total. The lowest BCUT2D eigenvalue weighted by Gasteiger charge is -2.01. The van der Waals surface area contributed by atoms with Crippen molar-refractivity contribution in [2.45, 2.75) is 0 Å². The van der Waals surface area contributed by atoms with Crippen LogP contribution in [0.15, 0.2) is 48.7 Å². The molecule has 7 heteroatoms. The van der Waals surface area contributed by atoms with Crippen molar-refractivity contribution in [3.63, 3.8) is 0 Å². The van der Waals surface area contributed by atoms with Gasteiger partial charge in [0.1, 0.15) is 17.3 Å². The van der Waals surface area contributed by atoms with Crippen LogP contribution in [0.1, 0.15) is 10.4 Å². The van der Waals surface area contributed by atoms with E-state index in [4.69, 9.17) is 5.11 Å². The SMILES string of the molecule is O=C(O)c1cccc(-n2cc(-c3cc(F)ccc3F)nn2)c1. The van der Waals surface area contributed by atoms with Gasteiger partial charge in [-0.15, -0.1) is 5.10 Å². The van der Waals surface area contributed by atoms with E-state index in [1.54, 1.807) is 12.1 Å². The predicted molar refractivity (Wildman–Crippen MR) is 73.7 cm³/mol. The van der Waals surface area contributed by atoms with E-state index in [1.807, 2.05) is 0 Å². The number of carboxylic acids is 1. The Morgan fingerprint density at radius 1 is 1.14 bits per heavy atom. The van der Waals surface area contributed by atoms with Crippen molar-refractivity contribution < 1.29 is 18.7 Å². The summed E-state index contributed by atoms with van der Waals surface area (Å²) in [6.07, 6.45) is 1.40. The summed E-state index contributed by atoms with van der Waals surface area (Å²) in [6.45, 7) is 0. The summed E-state index contributed by atoms with van der Waals surface area (Å²) in [5, 5.41) is 16.6. The van der Waals surface area contributed by atoms with Crippen LogP contribution in [0.5, 0.6) is 0 Å². The van der Waals surface area contributed by atoms with Gasteiger partial charge in [-0.3, -0.25) is 0 Å². The number of benzene rings is 2. The molecule has 0 radical (unpaired) electrons. The second-order valence-corrected chi connectivity index (χ2v) is 4.53. The highest BCUT2D eigenvalue weighted by Crippen LogP contribution is 2.22. The zero-order valence-corrected chi connectivity index (χ0v) is 11.1. The monoisotopic (exact) mass is 301 g/mol. The van der Waals surface area contributed by atoms with Crippen molar-refractivity contribution in [2.24, 2.45) is 0 Å². The lowest BCUT2D eigenvalue weighted by atomic mass is 10.1. The number of nitrogens with zero attached hydrogens (tertiary/aromatic N) is 3. The van der Waals surface area contributed by atoms with E-state index in [9.17, 15) is 13.6 Å². The van der Waals surface area contributed by atoms with Crippen molar-refractivity contribution in [3.05, 3.63) is 65.9 Å². The number of hydrogen-bond donors (Lipinski definition) is 1. The number of aromatic carboxylic acids is 1. The minimum Gasteiger partial charge on any atom is -0.478 e. The molecule has 3 rings (SSSR count). The van der Waals surface area contributed by atoms with Crippen LogP contribution in [0.3, 0.4) is 0 Å². The number of halogens is 2. The highest BCUT2D eigenvalue weighted by molar-refractivity contribution is 5.88. The third kappa shape index (κ3) is 2.56. The second kappa shape index (κ2) is 5.36. The number of hydrogen-bond acceptors (Lipinski definition) is 3. The number of carbonyl (C=O) groups is 1. The van der Waals surface area contributed by atoms with Crippen LogP contribution in [0.25, 0.3) is 16.9 Å². The van der Waals surface area contributed by atoms with Crippen molar-refractivity contribution in [1.29, 1.82) is 0 Å². The molecule has 0 saturated heterocycles. The van der Waals surface area contributed by atoms with Gasteiger partial charge in [0, 0.05) is 5.56 Å². The Morgan fingerprint density at radius 3 is 2.73 bits per heavy atom. The highest BCUT2D eigenvalue weighted by Gasteiger charge is 2.12. The van der Waals surface area contributed by atoms with E-state index in [1.165, 1.54) is 23.0 Å². The average Bonchev–Trinajstić information content (AvgIpc) is 2.99. The summed E-state index contributed by atoms with van der Waals surface area (Å²) in [5.74, 6) is -2.27. The Morgan fingerprint density at radius 2 is 1.95 bits per heavy atom. The first-order chi connectivity index (χ1) is 10.5. The van der Waals surface area contributed by atoms with Crippen LogP contribution in [-0.2, 0) is 0 Å². The molecule has 0 aliphatic carbocycles. The van der Waals surface area contributed by atoms with Crippen LogP contribution < -0.4 is 0 Å². The maximum Gasteiger partial charge on any atom is 0.335 e. The van der Waals surface area contributed by atoms with E-state index >= 15 is 0 Å². The Balaban J connectivity index is 2.02. The molecule has 0 atom stereocenters. The van der Waals surface area contributed by atoms with Crippen molar-refractivity contribution in [1.82, 2.24) is 15.0 Å². The van der Waals surface area contributed by atoms with E-state index in [2.05, 4.69) is 10.3 Å². The fourth-order valence-corrected chi connectivity index (χ4v) is 1.99. The molecule has 1 heterocycles. The molecule has 0 aliphatic heterocycles. The second-order valence-electron chi connectivity index (χ2n) is 4.53. The third-order valence-electron chi connectivity index (χ3n) is 3.06. The van der Waals surface area contributed by atoms with Gasteiger partial charge in [-0.2, -0.15) is 0 Å². The summed E-state index contributed by atoms with van der Waals surface area (Å²) < 4.78 is 28.2. The quantitative estimate of drug-likeness (QED) is 0.807. The van der Waals surface area contributed by atoms with Gasteiger partial charge >= 0.3 is 5.97 Å². The minimum absolute atomic E-state index is 0.0133. The molecule has 22 heavy (non-hydrogen) atoms. The molecule has 0 unspecified atom stereocenters. The molecule has 110 valence electrons.